The van der Waals surface area contributed by atoms with E-state index < -0.39 is 0 Å². The fraction of sp³-hybridized carbons (Fsp3) is 0.0556. The Morgan fingerprint density at radius 3 is 2.96 bits per heavy atom. The first-order valence-corrected chi connectivity index (χ1v) is 7.36. The average molecular weight is 315 g/mol. The molecule has 2 aromatic carbocycles. The summed E-state index contributed by atoms with van der Waals surface area (Å²) < 4.78 is 5.37. The van der Waals surface area contributed by atoms with Crippen LogP contribution in [0, 0.1) is 11.3 Å². The molecule has 24 heavy (non-hydrogen) atoms. The lowest BCUT2D eigenvalue weighted by atomic mass is 10.1. The van der Waals surface area contributed by atoms with E-state index in [4.69, 9.17) is 4.74 Å². The predicted molar refractivity (Wildman–Crippen MR) is 92.4 cm³/mol. The van der Waals surface area contributed by atoms with Gasteiger partial charge in [0.05, 0.1) is 30.1 Å². The third kappa shape index (κ3) is 2.20. The number of methoxy groups -OCH3 is 1. The number of ether oxygens (including phenoxy) is 1. The van der Waals surface area contributed by atoms with Crippen molar-refractivity contribution in [1.29, 1.82) is 5.26 Å². The molecule has 6 nitrogen and oxygen atoms in total. The fourth-order valence-electron chi connectivity index (χ4n) is 2.74. The number of aromatic nitrogens is 3. The summed E-state index contributed by atoms with van der Waals surface area (Å²) >= 11 is 0. The molecule has 0 saturated heterocycles. The fourth-order valence-corrected chi connectivity index (χ4v) is 2.74. The third-order valence-electron chi connectivity index (χ3n) is 3.91. The number of para-hydroxylation sites is 1. The largest absolute Gasteiger partial charge is 0.494 e. The van der Waals surface area contributed by atoms with E-state index >= 15 is 0 Å². The van der Waals surface area contributed by atoms with E-state index in [9.17, 15) is 5.26 Å². The van der Waals surface area contributed by atoms with Gasteiger partial charge in [-0.1, -0.05) is 12.1 Å². The predicted octanol–water partition coefficient (Wildman–Crippen LogP) is 3.73. The highest BCUT2D eigenvalue weighted by molar-refractivity contribution is 5.99. The van der Waals surface area contributed by atoms with E-state index in [1.54, 1.807) is 19.5 Å². The van der Waals surface area contributed by atoms with Gasteiger partial charge in [0, 0.05) is 22.7 Å². The minimum absolute atomic E-state index is 0.473. The monoisotopic (exact) mass is 315 g/mol. The minimum atomic E-state index is 0.473. The summed E-state index contributed by atoms with van der Waals surface area (Å²) in [4.78, 5) is 4.36. The van der Waals surface area contributed by atoms with Crippen molar-refractivity contribution in [2.45, 2.75) is 0 Å². The number of pyridine rings is 1. The number of nitriles is 1. The zero-order valence-electron chi connectivity index (χ0n) is 12.9. The third-order valence-corrected chi connectivity index (χ3v) is 3.91. The molecule has 0 bridgehead atoms. The molecule has 0 unspecified atom stereocenters. The highest BCUT2D eigenvalue weighted by Crippen LogP contribution is 2.33. The van der Waals surface area contributed by atoms with Crippen LogP contribution in [-0.2, 0) is 0 Å². The summed E-state index contributed by atoms with van der Waals surface area (Å²) in [7, 11) is 1.61. The molecule has 4 aromatic rings. The lowest BCUT2D eigenvalue weighted by Crippen LogP contribution is -1.98. The average Bonchev–Trinajstić information content (AvgIpc) is 3.09. The van der Waals surface area contributed by atoms with Gasteiger partial charge in [0.2, 0.25) is 0 Å². The molecular weight excluding hydrogens is 302 g/mol. The van der Waals surface area contributed by atoms with Gasteiger partial charge in [-0.2, -0.15) is 10.4 Å². The first-order valence-electron chi connectivity index (χ1n) is 7.36. The van der Waals surface area contributed by atoms with Crippen LogP contribution in [0.3, 0.4) is 0 Å². The Kier molecular flexibility index (Phi) is 3.25. The van der Waals surface area contributed by atoms with Crippen LogP contribution in [0.5, 0.6) is 5.75 Å². The Morgan fingerprint density at radius 1 is 1.21 bits per heavy atom. The van der Waals surface area contributed by atoms with E-state index in [0.29, 0.717) is 22.5 Å². The number of hydrogen-bond acceptors (Lipinski definition) is 5. The second-order valence-electron chi connectivity index (χ2n) is 5.31. The molecule has 6 heteroatoms. The second-order valence-corrected chi connectivity index (χ2v) is 5.31. The van der Waals surface area contributed by atoms with Gasteiger partial charge in [-0.3, -0.25) is 10.1 Å². The van der Waals surface area contributed by atoms with Gasteiger partial charge in [-0.05, 0) is 24.3 Å². The molecule has 2 heterocycles. The maximum absolute atomic E-state index is 9.44. The van der Waals surface area contributed by atoms with Crippen molar-refractivity contribution in [3.8, 4) is 11.8 Å². The lowest BCUT2D eigenvalue weighted by Gasteiger charge is -2.13. The van der Waals surface area contributed by atoms with Gasteiger partial charge < -0.3 is 10.1 Å². The van der Waals surface area contributed by atoms with Gasteiger partial charge >= 0.3 is 0 Å². The van der Waals surface area contributed by atoms with Crippen LogP contribution >= 0.6 is 0 Å². The second kappa shape index (κ2) is 5.56. The van der Waals surface area contributed by atoms with Gasteiger partial charge in [0.1, 0.15) is 17.3 Å². The van der Waals surface area contributed by atoms with Gasteiger partial charge in [-0.25, -0.2) is 0 Å². The summed E-state index contributed by atoms with van der Waals surface area (Å²) in [6.45, 7) is 0. The smallest absolute Gasteiger partial charge is 0.145 e. The van der Waals surface area contributed by atoms with Crippen molar-refractivity contribution in [3.63, 3.8) is 0 Å². The molecule has 2 aromatic heterocycles. The number of H-pyrrole nitrogens is 1. The first-order chi connectivity index (χ1) is 11.8. The number of benzene rings is 2. The minimum Gasteiger partial charge on any atom is -0.494 e. The Morgan fingerprint density at radius 2 is 2.12 bits per heavy atom. The van der Waals surface area contributed by atoms with Crippen molar-refractivity contribution >= 4 is 33.2 Å². The summed E-state index contributed by atoms with van der Waals surface area (Å²) in [5.74, 6) is 0.670. The first kappa shape index (κ1) is 14.0. The van der Waals surface area contributed by atoms with E-state index in [1.165, 1.54) is 0 Å². The molecule has 0 spiro atoms. The molecule has 0 atom stereocenters. The van der Waals surface area contributed by atoms with Crippen LogP contribution in [0.15, 0.2) is 48.8 Å². The van der Waals surface area contributed by atoms with Crippen molar-refractivity contribution in [2.24, 2.45) is 0 Å². The standard InChI is InChI=1S/C18H13N5O/c1-24-16-4-2-3-14-17(12(8-19)9-20-18(14)16)22-13-6-5-11-10-21-23-15(11)7-13/h2-7,9-10H,1H3,(H,20,22)(H,21,23). The maximum atomic E-state index is 9.44. The van der Waals surface area contributed by atoms with Gasteiger partial charge in [0.25, 0.3) is 0 Å². The van der Waals surface area contributed by atoms with Crippen LogP contribution in [0.25, 0.3) is 21.8 Å². The van der Waals surface area contributed by atoms with Gasteiger partial charge in [0.15, 0.2) is 0 Å². The van der Waals surface area contributed by atoms with Gasteiger partial charge in [-0.15, -0.1) is 0 Å². The van der Waals surface area contributed by atoms with E-state index in [1.807, 2.05) is 36.4 Å². The number of rotatable bonds is 3. The zero-order valence-corrected chi connectivity index (χ0v) is 12.9. The van der Waals surface area contributed by atoms with Crippen LogP contribution in [0.2, 0.25) is 0 Å². The number of anilines is 2. The molecule has 0 aliphatic carbocycles. The van der Waals surface area contributed by atoms with Crippen molar-refractivity contribution in [2.75, 3.05) is 12.4 Å². The van der Waals surface area contributed by atoms with E-state index in [0.717, 1.165) is 22.0 Å². The molecular formula is C18H13N5O. The number of fused-ring (bicyclic) bond motifs is 2. The Bertz CT molecular complexity index is 1090. The van der Waals surface area contributed by atoms with Crippen LogP contribution in [0.1, 0.15) is 5.56 Å². The number of nitrogens with one attached hydrogen (secondary N) is 2. The lowest BCUT2D eigenvalue weighted by molar-refractivity contribution is 0.419. The van der Waals surface area contributed by atoms with E-state index in [2.05, 4.69) is 26.6 Å². The highest BCUT2D eigenvalue weighted by Gasteiger charge is 2.12. The zero-order chi connectivity index (χ0) is 16.5. The SMILES string of the molecule is COc1cccc2c(Nc3ccc4cn[nH]c4c3)c(C#N)cnc12. The molecule has 0 aliphatic heterocycles. The Balaban J connectivity index is 1.89. The van der Waals surface area contributed by atoms with Crippen molar-refractivity contribution in [1.82, 2.24) is 15.2 Å². The molecule has 0 fully saturated rings. The van der Waals surface area contributed by atoms with Crippen LogP contribution < -0.4 is 10.1 Å². The number of hydrogen-bond donors (Lipinski definition) is 2. The summed E-state index contributed by atoms with van der Waals surface area (Å²) in [6.07, 6.45) is 3.33. The number of nitrogens with zero attached hydrogens (tertiary/aromatic N) is 3. The molecule has 116 valence electrons. The van der Waals surface area contributed by atoms with Crippen LogP contribution in [-0.4, -0.2) is 22.3 Å². The Labute approximate surface area is 137 Å². The summed E-state index contributed by atoms with van der Waals surface area (Å²) in [5, 5.41) is 21.6. The van der Waals surface area contributed by atoms with Crippen LogP contribution in [0.4, 0.5) is 11.4 Å². The molecule has 0 saturated carbocycles. The Hall–Kier alpha value is -3.59. The summed E-state index contributed by atoms with van der Waals surface area (Å²) in [6, 6.07) is 13.7. The maximum Gasteiger partial charge on any atom is 0.145 e. The topological polar surface area (TPSA) is 86.6 Å². The normalized spacial score (nSPS) is 10.7. The number of aromatic amines is 1. The highest BCUT2D eigenvalue weighted by atomic mass is 16.5. The van der Waals surface area contributed by atoms with Crippen molar-refractivity contribution in [3.05, 3.63) is 54.4 Å². The molecule has 0 radical (unpaired) electrons. The molecule has 0 amide bonds. The quantitative estimate of drug-likeness (QED) is 0.601. The van der Waals surface area contributed by atoms with E-state index in [-0.39, 0.29) is 0 Å². The summed E-state index contributed by atoms with van der Waals surface area (Å²) in [5.41, 5.74) is 3.68. The molecule has 2 N–H and O–H groups in total. The van der Waals surface area contributed by atoms with Crippen molar-refractivity contribution < 1.29 is 4.74 Å². The molecule has 0 aliphatic rings. The molecule has 4 rings (SSSR count).